The van der Waals surface area contributed by atoms with E-state index in [2.05, 4.69) is 34.2 Å². The van der Waals surface area contributed by atoms with Crippen LogP contribution in [0.25, 0.3) is 10.4 Å². The van der Waals surface area contributed by atoms with Gasteiger partial charge in [-0.05, 0) is 54.1 Å². The Kier molecular flexibility index (Phi) is 11.1. The van der Waals surface area contributed by atoms with Gasteiger partial charge in [-0.1, -0.05) is 48.9 Å². The number of azide groups is 1. The molecule has 3 rings (SSSR count). The number of imide groups is 1. The fraction of sp³-hybridized carbons (Fsp3) is 0.435. The monoisotopic (exact) mass is 470 g/mol. The van der Waals surface area contributed by atoms with E-state index < -0.39 is 0 Å². The van der Waals surface area contributed by atoms with Gasteiger partial charge in [-0.25, -0.2) is 4.98 Å². The maximum absolute atomic E-state index is 11.6. The third-order valence-electron chi connectivity index (χ3n) is 4.72. The lowest BCUT2D eigenvalue weighted by Crippen LogP contribution is -2.25. The predicted molar refractivity (Wildman–Crippen MR) is 132 cm³/mol. The summed E-state index contributed by atoms with van der Waals surface area (Å²) in [6.07, 6.45) is 3.29. The topological polar surface area (TPSA) is 120 Å². The summed E-state index contributed by atoms with van der Waals surface area (Å²) in [5.74, 6) is 2.11. The summed E-state index contributed by atoms with van der Waals surface area (Å²) in [6, 6.07) is 13.4. The molecule has 0 saturated carbocycles. The molecule has 0 radical (unpaired) electrons. The lowest BCUT2D eigenvalue weighted by atomic mass is 10.1. The van der Waals surface area contributed by atoms with E-state index >= 15 is 0 Å². The average Bonchev–Trinajstić information content (AvgIpc) is 3.12. The second-order valence-electron chi connectivity index (χ2n) is 7.83. The van der Waals surface area contributed by atoms with Crippen molar-refractivity contribution in [2.45, 2.75) is 31.9 Å². The first-order valence-electron chi connectivity index (χ1n) is 10.7. The Labute approximate surface area is 198 Å². The highest BCUT2D eigenvalue weighted by Gasteiger charge is 2.31. The van der Waals surface area contributed by atoms with Gasteiger partial charge in [-0.3, -0.25) is 14.9 Å². The van der Waals surface area contributed by atoms with E-state index in [9.17, 15) is 9.59 Å². The zero-order chi connectivity index (χ0) is 24.1. The van der Waals surface area contributed by atoms with Crippen molar-refractivity contribution in [1.82, 2.24) is 10.3 Å². The number of carbonyl (C=O) groups excluding carboxylic acids is 2. The molecule has 1 aromatic carbocycles. The Morgan fingerprint density at radius 2 is 2.00 bits per heavy atom. The molecule has 33 heavy (non-hydrogen) atoms. The summed E-state index contributed by atoms with van der Waals surface area (Å²) < 4.78 is 5.75. The van der Waals surface area contributed by atoms with Crippen molar-refractivity contribution in [3.8, 4) is 5.75 Å². The highest BCUT2D eigenvalue weighted by Crippen LogP contribution is 2.23. The Bertz CT molecular complexity index is 933. The third kappa shape index (κ3) is 9.84. The Morgan fingerprint density at radius 1 is 1.24 bits per heavy atom. The molecular weight excluding hydrogens is 440 g/mol. The number of aromatic nitrogens is 1. The van der Waals surface area contributed by atoms with E-state index in [0.29, 0.717) is 25.5 Å². The van der Waals surface area contributed by atoms with E-state index in [1.807, 2.05) is 54.4 Å². The van der Waals surface area contributed by atoms with Gasteiger partial charge in [0.1, 0.15) is 18.2 Å². The number of pyridine rings is 1. The van der Waals surface area contributed by atoms with Gasteiger partial charge in [0, 0.05) is 24.7 Å². The molecule has 10 heteroatoms. The maximum atomic E-state index is 11.6. The number of anilines is 1. The molecule has 1 fully saturated rings. The van der Waals surface area contributed by atoms with Crippen LogP contribution >= 0.6 is 11.8 Å². The number of benzene rings is 1. The molecule has 0 bridgehead atoms. The van der Waals surface area contributed by atoms with Crippen molar-refractivity contribution in [3.63, 3.8) is 0 Å². The molecule has 1 unspecified atom stereocenters. The van der Waals surface area contributed by atoms with Gasteiger partial charge >= 0.3 is 0 Å². The molecule has 9 nitrogen and oxygen atoms in total. The van der Waals surface area contributed by atoms with Crippen LogP contribution < -0.4 is 15.0 Å². The second-order valence-corrected chi connectivity index (χ2v) is 9.00. The summed E-state index contributed by atoms with van der Waals surface area (Å²) in [4.78, 5) is 31.7. The number of hydrogen-bond acceptors (Lipinski definition) is 7. The Balaban J connectivity index is 0.000000414. The molecule has 1 aromatic heterocycles. The minimum Gasteiger partial charge on any atom is -0.492 e. The maximum Gasteiger partial charge on any atom is 0.286 e. The standard InChI is InChI=1S/C18H19N3O3S.C5H11N3/c1-21(16-4-2-3-9-19-16)10-11-24-14-7-5-13(6-8-14)12-15-17(22)20-18(23)25-15;1-5(2)3-4-7-8-6/h2-9,15H,10-12H2,1H3,(H,20,22,23);5H,3-4H2,1-2H3. The number of nitrogens with zero attached hydrogens (tertiary/aromatic N) is 5. The Hall–Kier alpha value is -3.23. The molecule has 2 heterocycles. The van der Waals surface area contributed by atoms with Gasteiger partial charge in [0.25, 0.3) is 5.24 Å². The van der Waals surface area contributed by atoms with E-state index in [1.165, 1.54) is 0 Å². The van der Waals surface area contributed by atoms with Crippen molar-refractivity contribution >= 4 is 28.7 Å². The van der Waals surface area contributed by atoms with E-state index in [1.54, 1.807) is 6.20 Å². The summed E-state index contributed by atoms with van der Waals surface area (Å²) in [5, 5.41) is 5.08. The summed E-state index contributed by atoms with van der Waals surface area (Å²) >= 11 is 1.05. The summed E-state index contributed by atoms with van der Waals surface area (Å²) in [7, 11) is 1.97. The number of nitrogens with one attached hydrogen (secondary N) is 1. The van der Waals surface area contributed by atoms with E-state index in [0.717, 1.165) is 41.9 Å². The number of hydrogen-bond donors (Lipinski definition) is 1. The number of thioether (sulfide) groups is 1. The molecule has 0 spiro atoms. The van der Waals surface area contributed by atoms with Gasteiger partial charge in [0.2, 0.25) is 5.91 Å². The molecule has 2 amide bonds. The molecule has 1 atom stereocenters. The quantitative estimate of drug-likeness (QED) is 0.301. The van der Waals surface area contributed by atoms with Crippen LogP contribution in [0.1, 0.15) is 25.8 Å². The zero-order valence-corrected chi connectivity index (χ0v) is 20.0. The van der Waals surface area contributed by atoms with E-state index in [4.69, 9.17) is 10.3 Å². The fourth-order valence-corrected chi connectivity index (χ4v) is 3.68. The number of carbonyl (C=O) groups is 2. The van der Waals surface area contributed by atoms with Gasteiger partial charge in [-0.15, -0.1) is 0 Å². The first-order chi connectivity index (χ1) is 15.9. The molecule has 176 valence electrons. The van der Waals surface area contributed by atoms with Crippen molar-refractivity contribution in [2.24, 2.45) is 11.0 Å². The number of ether oxygens (including phenoxy) is 1. The van der Waals surface area contributed by atoms with Crippen LogP contribution in [0, 0.1) is 5.92 Å². The van der Waals surface area contributed by atoms with Crippen molar-refractivity contribution in [1.29, 1.82) is 0 Å². The Morgan fingerprint density at radius 3 is 2.58 bits per heavy atom. The lowest BCUT2D eigenvalue weighted by Gasteiger charge is -2.18. The number of rotatable bonds is 10. The highest BCUT2D eigenvalue weighted by atomic mass is 32.2. The first-order valence-corrected chi connectivity index (χ1v) is 11.6. The van der Waals surface area contributed by atoms with Crippen LogP contribution in [0.3, 0.4) is 0 Å². The van der Waals surface area contributed by atoms with Gasteiger partial charge in [-0.2, -0.15) is 0 Å². The molecule has 1 saturated heterocycles. The van der Waals surface area contributed by atoms with Crippen LogP contribution in [0.15, 0.2) is 53.8 Å². The molecule has 1 aliphatic rings. The van der Waals surface area contributed by atoms with Crippen molar-refractivity contribution in [3.05, 3.63) is 64.7 Å². The van der Waals surface area contributed by atoms with Crippen LogP contribution in [0.5, 0.6) is 5.75 Å². The molecule has 1 N–H and O–H groups in total. The average molecular weight is 471 g/mol. The largest absolute Gasteiger partial charge is 0.492 e. The van der Waals surface area contributed by atoms with Crippen LogP contribution in [-0.4, -0.2) is 48.1 Å². The van der Waals surface area contributed by atoms with Crippen LogP contribution in [0.2, 0.25) is 0 Å². The summed E-state index contributed by atoms with van der Waals surface area (Å²) in [5.41, 5.74) is 8.84. The SMILES string of the molecule is CC(C)CCN=[N+]=[N-].CN(CCOc1ccc(CC2SC(=O)NC2=O)cc1)c1ccccn1. The lowest BCUT2D eigenvalue weighted by molar-refractivity contribution is -0.118. The smallest absolute Gasteiger partial charge is 0.286 e. The summed E-state index contributed by atoms with van der Waals surface area (Å²) in [6.45, 7) is 6.11. The van der Waals surface area contributed by atoms with Crippen LogP contribution in [0.4, 0.5) is 10.6 Å². The highest BCUT2D eigenvalue weighted by molar-refractivity contribution is 8.15. The minimum absolute atomic E-state index is 0.215. The fourth-order valence-electron chi connectivity index (χ4n) is 2.82. The number of amides is 2. The normalized spacial score (nSPS) is 14.7. The van der Waals surface area contributed by atoms with Gasteiger partial charge in [0.05, 0.1) is 11.8 Å². The van der Waals surface area contributed by atoms with E-state index in [-0.39, 0.29) is 16.4 Å². The first kappa shape index (κ1) is 26.0. The minimum atomic E-state index is -0.341. The molecular formula is C23H30N6O3S. The zero-order valence-electron chi connectivity index (χ0n) is 19.2. The third-order valence-corrected chi connectivity index (χ3v) is 5.70. The molecule has 2 aromatic rings. The second kappa shape index (κ2) is 14.0. The van der Waals surface area contributed by atoms with Crippen molar-refractivity contribution in [2.75, 3.05) is 31.6 Å². The van der Waals surface area contributed by atoms with Gasteiger partial charge < -0.3 is 9.64 Å². The van der Waals surface area contributed by atoms with Crippen LogP contribution in [-0.2, 0) is 11.2 Å². The number of likely N-dealkylation sites (N-methyl/N-ethyl adjacent to an activating group) is 1. The predicted octanol–water partition coefficient (Wildman–Crippen LogP) is 4.83. The van der Waals surface area contributed by atoms with Crippen molar-refractivity contribution < 1.29 is 14.3 Å². The molecule has 1 aliphatic heterocycles. The van der Waals surface area contributed by atoms with Gasteiger partial charge in [0.15, 0.2) is 0 Å². The molecule has 0 aliphatic carbocycles.